The quantitative estimate of drug-likeness (QED) is 0.327. The lowest BCUT2D eigenvalue weighted by molar-refractivity contribution is -0.121. The van der Waals surface area contributed by atoms with Crippen LogP contribution in [-0.2, 0) is 27.8 Å². The maximum absolute atomic E-state index is 12.9. The van der Waals surface area contributed by atoms with Gasteiger partial charge in [-0.25, -0.2) is 13.4 Å². The molecular formula is C26H37N5O3S. The Bertz CT molecular complexity index is 1200. The van der Waals surface area contributed by atoms with E-state index in [1.54, 1.807) is 12.1 Å². The molecule has 9 heteroatoms. The molecule has 0 saturated carbocycles. The Morgan fingerprint density at radius 3 is 2.46 bits per heavy atom. The molecule has 0 fully saturated rings. The highest BCUT2D eigenvalue weighted by Crippen LogP contribution is 2.24. The fourth-order valence-corrected chi connectivity index (χ4v) is 5.59. The van der Waals surface area contributed by atoms with E-state index in [0.717, 1.165) is 43.0 Å². The van der Waals surface area contributed by atoms with Crippen molar-refractivity contribution < 1.29 is 13.2 Å². The number of hydrogen-bond donors (Lipinski definition) is 2. The zero-order valence-electron chi connectivity index (χ0n) is 21.0. The van der Waals surface area contributed by atoms with E-state index in [9.17, 15) is 13.2 Å². The van der Waals surface area contributed by atoms with Gasteiger partial charge >= 0.3 is 0 Å². The third kappa shape index (κ3) is 6.82. The van der Waals surface area contributed by atoms with Crippen molar-refractivity contribution >= 4 is 32.7 Å². The summed E-state index contributed by atoms with van der Waals surface area (Å²) in [4.78, 5) is 17.4. The first-order valence-corrected chi connectivity index (χ1v) is 13.9. The van der Waals surface area contributed by atoms with Gasteiger partial charge in [0.15, 0.2) is 0 Å². The van der Waals surface area contributed by atoms with Crippen LogP contribution in [0.15, 0.2) is 53.4 Å². The summed E-state index contributed by atoms with van der Waals surface area (Å²) in [6.45, 7) is 8.75. The average molecular weight is 500 g/mol. The van der Waals surface area contributed by atoms with Crippen molar-refractivity contribution in [2.24, 2.45) is 0 Å². The van der Waals surface area contributed by atoms with Gasteiger partial charge in [0.1, 0.15) is 5.82 Å². The molecule has 35 heavy (non-hydrogen) atoms. The maximum Gasteiger partial charge on any atom is 0.243 e. The molecule has 0 bridgehead atoms. The second kappa shape index (κ2) is 12.7. The van der Waals surface area contributed by atoms with Gasteiger partial charge in [0.05, 0.1) is 15.9 Å². The Labute approximate surface area is 208 Å². The van der Waals surface area contributed by atoms with Gasteiger partial charge in [-0.2, -0.15) is 4.31 Å². The highest BCUT2D eigenvalue weighted by Gasteiger charge is 2.23. The number of rotatable bonds is 14. The molecular weight excluding hydrogens is 462 g/mol. The summed E-state index contributed by atoms with van der Waals surface area (Å²) in [6, 6.07) is 15.1. The van der Waals surface area contributed by atoms with Crippen LogP contribution in [-0.4, -0.2) is 54.4 Å². The zero-order valence-corrected chi connectivity index (χ0v) is 21.8. The molecule has 0 aliphatic rings. The highest BCUT2D eigenvalue weighted by atomic mass is 32.2. The minimum absolute atomic E-state index is 0.00961. The summed E-state index contributed by atoms with van der Waals surface area (Å²) in [7, 11) is -3.55. The summed E-state index contributed by atoms with van der Waals surface area (Å²) < 4.78 is 29.4. The van der Waals surface area contributed by atoms with Crippen LogP contribution in [0.3, 0.4) is 0 Å². The second-order valence-electron chi connectivity index (χ2n) is 8.42. The number of benzene rings is 2. The Hall–Kier alpha value is -2.91. The summed E-state index contributed by atoms with van der Waals surface area (Å²) >= 11 is 0. The topological polar surface area (TPSA) is 96.3 Å². The molecule has 8 nitrogen and oxygen atoms in total. The van der Waals surface area contributed by atoms with Crippen LogP contribution in [0.4, 0.5) is 5.69 Å². The number of amides is 1. The number of hydrogen-bond acceptors (Lipinski definition) is 5. The number of sulfonamides is 1. The lowest BCUT2D eigenvalue weighted by Crippen LogP contribution is -2.30. The van der Waals surface area contributed by atoms with Gasteiger partial charge in [-0.05, 0) is 43.2 Å². The Kier molecular flexibility index (Phi) is 9.68. The van der Waals surface area contributed by atoms with Crippen molar-refractivity contribution in [2.45, 2.75) is 57.9 Å². The molecule has 0 aliphatic carbocycles. The number of aryl methyl sites for hydroxylation is 2. The zero-order chi connectivity index (χ0) is 25.3. The normalized spacial score (nSPS) is 11.8. The molecule has 1 amide bonds. The standard InChI is InChI=1S/C26H37N5O3S/c1-4-19-31-24-14-13-22(35(33,34)30(5-2)6-3)20-23(24)29-25(31)15-16-26(32)28-18-10-17-27-21-11-8-7-9-12-21/h7-9,11-14,20,27H,4-6,10,15-19H2,1-3H3,(H,28,32). The number of imidazole rings is 1. The van der Waals surface area contributed by atoms with E-state index >= 15 is 0 Å². The number of carbonyl (C=O) groups is 1. The highest BCUT2D eigenvalue weighted by molar-refractivity contribution is 7.89. The van der Waals surface area contributed by atoms with Gasteiger partial charge < -0.3 is 15.2 Å². The monoisotopic (exact) mass is 499 g/mol. The molecule has 0 saturated heterocycles. The van der Waals surface area contributed by atoms with Crippen molar-refractivity contribution in [1.29, 1.82) is 0 Å². The smallest absolute Gasteiger partial charge is 0.243 e. The van der Waals surface area contributed by atoms with Crippen molar-refractivity contribution in [3.8, 4) is 0 Å². The SMILES string of the molecule is CCCn1c(CCC(=O)NCCCNc2ccccc2)nc2cc(S(=O)(=O)N(CC)CC)ccc21. The average Bonchev–Trinajstić information content (AvgIpc) is 3.20. The lowest BCUT2D eigenvalue weighted by atomic mass is 10.2. The summed E-state index contributed by atoms with van der Waals surface area (Å²) in [5.74, 6) is 0.796. The van der Waals surface area contributed by atoms with E-state index < -0.39 is 10.0 Å². The van der Waals surface area contributed by atoms with Crippen LogP contribution < -0.4 is 10.6 Å². The van der Waals surface area contributed by atoms with Crippen LogP contribution in [0.25, 0.3) is 11.0 Å². The lowest BCUT2D eigenvalue weighted by Gasteiger charge is -2.18. The number of carbonyl (C=O) groups excluding carboxylic acids is 1. The van der Waals surface area contributed by atoms with Gasteiger partial charge in [0.25, 0.3) is 0 Å². The largest absolute Gasteiger partial charge is 0.385 e. The first-order valence-electron chi connectivity index (χ1n) is 12.5. The van der Waals surface area contributed by atoms with Crippen LogP contribution in [0, 0.1) is 0 Å². The van der Waals surface area contributed by atoms with Crippen LogP contribution >= 0.6 is 0 Å². The molecule has 1 aromatic heterocycles. The van der Waals surface area contributed by atoms with Gasteiger partial charge in [-0.3, -0.25) is 4.79 Å². The number of nitrogens with zero attached hydrogens (tertiary/aromatic N) is 3. The molecule has 0 aliphatic heterocycles. The molecule has 0 spiro atoms. The summed E-state index contributed by atoms with van der Waals surface area (Å²) in [5, 5.41) is 6.31. The Morgan fingerprint density at radius 1 is 1.03 bits per heavy atom. The van der Waals surface area contributed by atoms with Gasteiger partial charge in [0, 0.05) is 51.3 Å². The third-order valence-electron chi connectivity index (χ3n) is 5.94. The van der Waals surface area contributed by atoms with Crippen molar-refractivity contribution in [3.63, 3.8) is 0 Å². The minimum atomic E-state index is -3.55. The number of nitrogens with one attached hydrogen (secondary N) is 2. The van der Waals surface area contributed by atoms with E-state index in [-0.39, 0.29) is 10.8 Å². The molecule has 2 N–H and O–H groups in total. The van der Waals surface area contributed by atoms with Crippen molar-refractivity contribution in [3.05, 3.63) is 54.4 Å². The fraction of sp³-hybridized carbons (Fsp3) is 0.462. The maximum atomic E-state index is 12.9. The second-order valence-corrected chi connectivity index (χ2v) is 10.4. The first-order chi connectivity index (χ1) is 16.9. The van der Waals surface area contributed by atoms with E-state index in [0.29, 0.717) is 38.0 Å². The number of anilines is 1. The Balaban J connectivity index is 1.61. The van der Waals surface area contributed by atoms with Gasteiger partial charge in [-0.15, -0.1) is 0 Å². The number of fused-ring (bicyclic) bond motifs is 1. The molecule has 0 atom stereocenters. The van der Waals surface area contributed by atoms with Crippen molar-refractivity contribution in [2.75, 3.05) is 31.5 Å². The summed E-state index contributed by atoms with van der Waals surface area (Å²) in [6.07, 6.45) is 2.59. The molecule has 3 aromatic rings. The Morgan fingerprint density at radius 2 is 1.77 bits per heavy atom. The minimum Gasteiger partial charge on any atom is -0.385 e. The van der Waals surface area contributed by atoms with E-state index in [4.69, 9.17) is 4.98 Å². The van der Waals surface area contributed by atoms with Crippen LogP contribution in [0.2, 0.25) is 0 Å². The van der Waals surface area contributed by atoms with Crippen molar-refractivity contribution in [1.82, 2.24) is 19.2 Å². The predicted molar refractivity (Wildman–Crippen MR) is 141 cm³/mol. The van der Waals surface area contributed by atoms with Gasteiger partial charge in [-0.1, -0.05) is 39.0 Å². The number of aromatic nitrogens is 2. The molecule has 1 heterocycles. The van der Waals surface area contributed by atoms with E-state index in [1.807, 2.05) is 50.2 Å². The molecule has 190 valence electrons. The molecule has 2 aromatic carbocycles. The van der Waals surface area contributed by atoms with Crippen LogP contribution in [0.1, 0.15) is 45.9 Å². The molecule has 0 radical (unpaired) electrons. The fourth-order valence-electron chi connectivity index (χ4n) is 4.12. The van der Waals surface area contributed by atoms with E-state index in [1.165, 1.54) is 4.31 Å². The van der Waals surface area contributed by atoms with E-state index in [2.05, 4.69) is 22.1 Å². The van der Waals surface area contributed by atoms with Crippen LogP contribution in [0.5, 0.6) is 0 Å². The van der Waals surface area contributed by atoms with Gasteiger partial charge in [0.2, 0.25) is 15.9 Å². The molecule has 3 rings (SSSR count). The molecule has 0 unspecified atom stereocenters. The summed E-state index contributed by atoms with van der Waals surface area (Å²) in [5.41, 5.74) is 2.61. The third-order valence-corrected chi connectivity index (χ3v) is 7.99. The predicted octanol–water partition coefficient (Wildman–Crippen LogP) is 4.03. The first kappa shape index (κ1) is 26.7. The number of para-hydroxylation sites is 1.